The summed E-state index contributed by atoms with van der Waals surface area (Å²) in [7, 11) is 0. The Bertz CT molecular complexity index is 429. The lowest BCUT2D eigenvalue weighted by atomic mass is 10.0. The second-order valence-corrected chi connectivity index (χ2v) is 5.22. The Morgan fingerprint density at radius 3 is 1.60 bits per heavy atom. The van der Waals surface area contributed by atoms with Gasteiger partial charge < -0.3 is 0 Å². The zero-order valence-electron chi connectivity index (χ0n) is 9.61. The van der Waals surface area contributed by atoms with E-state index in [4.69, 9.17) is 0 Å². The molecule has 0 aliphatic carbocycles. The van der Waals surface area contributed by atoms with Crippen molar-refractivity contribution in [3.63, 3.8) is 0 Å². The van der Waals surface area contributed by atoms with Gasteiger partial charge in [0, 0.05) is 21.5 Å². The van der Waals surface area contributed by atoms with Crippen molar-refractivity contribution in [3.05, 3.63) is 22.1 Å². The Morgan fingerprint density at radius 2 is 1.27 bits per heavy atom. The zero-order valence-corrected chi connectivity index (χ0v) is 10.4. The third-order valence-corrected chi connectivity index (χ3v) is 3.32. The van der Waals surface area contributed by atoms with Crippen LogP contribution in [0.2, 0.25) is 0 Å². The van der Waals surface area contributed by atoms with Crippen molar-refractivity contribution in [2.75, 3.05) is 0 Å². The summed E-state index contributed by atoms with van der Waals surface area (Å²) in [6.45, 7) is 8.65. The summed E-state index contributed by atoms with van der Waals surface area (Å²) in [6.07, 6.45) is 0. The number of fused-ring (bicyclic) bond motifs is 1. The van der Waals surface area contributed by atoms with Gasteiger partial charge in [0.15, 0.2) is 0 Å². The topological polar surface area (TPSA) is 25.8 Å². The van der Waals surface area contributed by atoms with Gasteiger partial charge in [0.1, 0.15) is 0 Å². The fourth-order valence-electron chi connectivity index (χ4n) is 1.76. The molecule has 2 nitrogen and oxygen atoms in total. The van der Waals surface area contributed by atoms with Crippen molar-refractivity contribution in [1.29, 1.82) is 0 Å². The fourth-order valence-corrected chi connectivity index (χ4v) is 2.60. The SMILES string of the molecule is CC(C)c1nnc(C(C)C)c2cscc12. The highest BCUT2D eigenvalue weighted by atomic mass is 32.1. The predicted octanol–water partition coefficient (Wildman–Crippen LogP) is 3.94. The number of aromatic nitrogens is 2. The first-order chi connectivity index (χ1) is 7.11. The van der Waals surface area contributed by atoms with E-state index in [1.807, 2.05) is 0 Å². The largest absolute Gasteiger partial charge is 0.154 e. The molecule has 0 amide bonds. The van der Waals surface area contributed by atoms with Crippen LogP contribution in [0.3, 0.4) is 0 Å². The summed E-state index contributed by atoms with van der Waals surface area (Å²) in [5, 5.41) is 15.7. The Labute approximate surface area is 94.4 Å². The van der Waals surface area contributed by atoms with Crippen molar-refractivity contribution < 1.29 is 0 Å². The van der Waals surface area contributed by atoms with Gasteiger partial charge in [-0.05, 0) is 11.8 Å². The Balaban J connectivity index is 2.71. The molecule has 0 bridgehead atoms. The number of nitrogens with zero attached hydrogens (tertiary/aromatic N) is 2. The van der Waals surface area contributed by atoms with E-state index in [2.05, 4.69) is 48.7 Å². The minimum absolute atomic E-state index is 0.441. The van der Waals surface area contributed by atoms with Gasteiger partial charge in [0.05, 0.1) is 11.4 Å². The highest BCUT2D eigenvalue weighted by Crippen LogP contribution is 2.30. The summed E-state index contributed by atoms with van der Waals surface area (Å²) in [4.78, 5) is 0. The van der Waals surface area contributed by atoms with Crippen molar-refractivity contribution in [2.24, 2.45) is 0 Å². The third-order valence-electron chi connectivity index (χ3n) is 2.57. The lowest BCUT2D eigenvalue weighted by Gasteiger charge is -2.10. The lowest BCUT2D eigenvalue weighted by molar-refractivity contribution is 0.751. The van der Waals surface area contributed by atoms with E-state index in [1.54, 1.807) is 11.3 Å². The van der Waals surface area contributed by atoms with E-state index in [0.29, 0.717) is 11.8 Å². The van der Waals surface area contributed by atoms with Crippen LogP contribution < -0.4 is 0 Å². The second kappa shape index (κ2) is 3.89. The Morgan fingerprint density at radius 1 is 0.867 bits per heavy atom. The normalized spacial score (nSPS) is 11.9. The van der Waals surface area contributed by atoms with Gasteiger partial charge in [-0.2, -0.15) is 21.5 Å². The molecule has 0 saturated carbocycles. The highest BCUT2D eigenvalue weighted by molar-refractivity contribution is 7.09. The molecule has 0 atom stereocenters. The van der Waals surface area contributed by atoms with Gasteiger partial charge in [-0.1, -0.05) is 27.7 Å². The standard InChI is InChI=1S/C12H16N2S/c1-7(2)11-9-5-15-6-10(9)12(8(3)4)14-13-11/h5-8H,1-4H3. The molecule has 0 spiro atoms. The van der Waals surface area contributed by atoms with Gasteiger partial charge >= 0.3 is 0 Å². The third kappa shape index (κ3) is 1.76. The van der Waals surface area contributed by atoms with E-state index in [-0.39, 0.29) is 0 Å². The Hall–Kier alpha value is -0.960. The van der Waals surface area contributed by atoms with Crippen LogP contribution in [0.15, 0.2) is 10.8 Å². The van der Waals surface area contributed by atoms with Crippen LogP contribution in [0.4, 0.5) is 0 Å². The quantitative estimate of drug-likeness (QED) is 0.766. The van der Waals surface area contributed by atoms with Gasteiger partial charge in [-0.25, -0.2) is 0 Å². The van der Waals surface area contributed by atoms with E-state index < -0.39 is 0 Å². The van der Waals surface area contributed by atoms with Crippen LogP contribution in [0, 0.1) is 0 Å². The molecule has 0 fully saturated rings. The van der Waals surface area contributed by atoms with E-state index in [0.717, 1.165) is 11.4 Å². The number of hydrogen-bond acceptors (Lipinski definition) is 3. The maximum atomic E-state index is 4.36. The molecule has 0 aromatic carbocycles. The average Bonchev–Trinajstić information content (AvgIpc) is 2.63. The van der Waals surface area contributed by atoms with Gasteiger partial charge in [0.2, 0.25) is 0 Å². The average molecular weight is 220 g/mol. The molecule has 0 unspecified atom stereocenters. The molecule has 80 valence electrons. The van der Waals surface area contributed by atoms with Crippen molar-refractivity contribution >= 4 is 22.1 Å². The minimum atomic E-state index is 0.441. The van der Waals surface area contributed by atoms with Crippen LogP contribution in [-0.2, 0) is 0 Å². The summed E-state index contributed by atoms with van der Waals surface area (Å²) in [6, 6.07) is 0. The monoisotopic (exact) mass is 220 g/mol. The predicted molar refractivity (Wildman–Crippen MR) is 65.6 cm³/mol. The molecule has 0 aliphatic rings. The second-order valence-electron chi connectivity index (χ2n) is 4.48. The first-order valence-electron chi connectivity index (χ1n) is 5.33. The number of rotatable bonds is 2. The summed E-state index contributed by atoms with van der Waals surface area (Å²) < 4.78 is 0. The molecular weight excluding hydrogens is 204 g/mol. The van der Waals surface area contributed by atoms with E-state index >= 15 is 0 Å². The first kappa shape index (κ1) is 10.6. The summed E-state index contributed by atoms with van der Waals surface area (Å²) >= 11 is 1.74. The molecule has 3 heteroatoms. The summed E-state index contributed by atoms with van der Waals surface area (Å²) in [5.74, 6) is 0.881. The molecule has 0 radical (unpaired) electrons. The maximum absolute atomic E-state index is 4.36. The van der Waals surface area contributed by atoms with Crippen molar-refractivity contribution in [2.45, 2.75) is 39.5 Å². The molecule has 2 rings (SSSR count). The zero-order chi connectivity index (χ0) is 11.0. The number of thiophene rings is 1. The lowest BCUT2D eigenvalue weighted by Crippen LogP contribution is -2.01. The molecule has 2 aromatic rings. The van der Waals surface area contributed by atoms with Crippen LogP contribution >= 0.6 is 11.3 Å². The molecule has 2 heterocycles. The Kier molecular flexibility index (Phi) is 2.74. The van der Waals surface area contributed by atoms with Crippen LogP contribution in [-0.4, -0.2) is 10.2 Å². The van der Waals surface area contributed by atoms with E-state index in [1.165, 1.54) is 10.8 Å². The molecule has 0 saturated heterocycles. The first-order valence-corrected chi connectivity index (χ1v) is 6.28. The van der Waals surface area contributed by atoms with Gasteiger partial charge in [-0.15, -0.1) is 0 Å². The van der Waals surface area contributed by atoms with Gasteiger partial charge in [0.25, 0.3) is 0 Å². The summed E-state index contributed by atoms with van der Waals surface area (Å²) in [5.41, 5.74) is 2.24. The smallest absolute Gasteiger partial charge is 0.0743 e. The molecule has 15 heavy (non-hydrogen) atoms. The van der Waals surface area contributed by atoms with Crippen LogP contribution in [0.25, 0.3) is 10.8 Å². The minimum Gasteiger partial charge on any atom is -0.154 e. The van der Waals surface area contributed by atoms with Gasteiger partial charge in [-0.3, -0.25) is 0 Å². The van der Waals surface area contributed by atoms with Crippen LogP contribution in [0.1, 0.15) is 50.9 Å². The van der Waals surface area contributed by atoms with Crippen molar-refractivity contribution in [1.82, 2.24) is 10.2 Å². The number of hydrogen-bond donors (Lipinski definition) is 0. The van der Waals surface area contributed by atoms with Crippen molar-refractivity contribution in [3.8, 4) is 0 Å². The molecule has 0 N–H and O–H groups in total. The maximum Gasteiger partial charge on any atom is 0.0743 e. The molecular formula is C12H16N2S. The fraction of sp³-hybridized carbons (Fsp3) is 0.500. The van der Waals surface area contributed by atoms with E-state index in [9.17, 15) is 0 Å². The molecule has 2 aromatic heterocycles. The van der Waals surface area contributed by atoms with Crippen LogP contribution in [0.5, 0.6) is 0 Å². The highest BCUT2D eigenvalue weighted by Gasteiger charge is 2.14. The molecule has 0 aliphatic heterocycles.